The molecule has 21 heavy (non-hydrogen) atoms. The molecule has 0 heterocycles. The highest BCUT2D eigenvalue weighted by Crippen LogP contribution is 2.23. The predicted molar refractivity (Wildman–Crippen MR) is 77.1 cm³/mol. The third-order valence-corrected chi connectivity index (χ3v) is 3.31. The number of carbonyl (C=O) groups is 2. The first-order valence-corrected chi connectivity index (χ1v) is 6.50. The van der Waals surface area contributed by atoms with Gasteiger partial charge in [0, 0.05) is 5.56 Å². The third-order valence-electron chi connectivity index (χ3n) is 2.66. The Bertz CT molecular complexity index is 733. The van der Waals surface area contributed by atoms with Crippen LogP contribution in [-0.4, -0.2) is 22.1 Å². The summed E-state index contributed by atoms with van der Waals surface area (Å²) in [6.45, 7) is 0. The molecule has 0 radical (unpaired) electrons. The number of aromatic carboxylic acids is 1. The highest BCUT2D eigenvalue weighted by molar-refractivity contribution is 9.10. The van der Waals surface area contributed by atoms with E-state index in [1.54, 1.807) is 0 Å². The normalized spacial score (nSPS) is 10.2. The molecule has 0 bridgehead atoms. The van der Waals surface area contributed by atoms with Gasteiger partial charge in [-0.1, -0.05) is 0 Å². The molecule has 3 N–H and O–H groups in total. The van der Waals surface area contributed by atoms with Crippen molar-refractivity contribution in [1.29, 1.82) is 0 Å². The summed E-state index contributed by atoms with van der Waals surface area (Å²) in [4.78, 5) is 23.1. The number of hydrogen-bond donors (Lipinski definition) is 3. The number of hydrogen-bond acceptors (Lipinski definition) is 3. The molecule has 5 nitrogen and oxygen atoms in total. The quantitative estimate of drug-likeness (QED) is 0.739. The van der Waals surface area contributed by atoms with Gasteiger partial charge in [0.2, 0.25) is 0 Å². The molecule has 2 rings (SSSR count). The number of halogens is 2. The van der Waals surface area contributed by atoms with Gasteiger partial charge in [-0.25, -0.2) is 9.18 Å². The van der Waals surface area contributed by atoms with Crippen LogP contribution in [0, 0.1) is 5.82 Å². The molecule has 0 aliphatic carbocycles. The van der Waals surface area contributed by atoms with Gasteiger partial charge < -0.3 is 15.5 Å². The SMILES string of the molecule is O=C(Nc1ccc(O)cc1C(=O)O)c1ccc(Br)c(F)c1. The van der Waals surface area contributed by atoms with Crippen LogP contribution in [0.1, 0.15) is 20.7 Å². The summed E-state index contributed by atoms with van der Waals surface area (Å²) in [5, 5.41) is 20.7. The van der Waals surface area contributed by atoms with Crippen LogP contribution in [0.25, 0.3) is 0 Å². The second-order valence-corrected chi connectivity index (χ2v) is 4.97. The first kappa shape index (κ1) is 15.0. The van der Waals surface area contributed by atoms with E-state index in [-0.39, 0.29) is 27.0 Å². The van der Waals surface area contributed by atoms with Crippen molar-refractivity contribution in [3.63, 3.8) is 0 Å². The predicted octanol–water partition coefficient (Wildman–Crippen LogP) is 3.24. The van der Waals surface area contributed by atoms with Crippen molar-refractivity contribution < 1.29 is 24.2 Å². The smallest absolute Gasteiger partial charge is 0.337 e. The van der Waals surface area contributed by atoms with Crippen molar-refractivity contribution in [1.82, 2.24) is 0 Å². The molecule has 0 atom stereocenters. The first-order valence-electron chi connectivity index (χ1n) is 5.71. The Balaban J connectivity index is 2.31. The molecule has 108 valence electrons. The van der Waals surface area contributed by atoms with Gasteiger partial charge in [0.05, 0.1) is 15.7 Å². The van der Waals surface area contributed by atoms with Crippen LogP contribution in [0.3, 0.4) is 0 Å². The minimum Gasteiger partial charge on any atom is -0.508 e. The number of carboxylic acid groups (broad SMARTS) is 1. The lowest BCUT2D eigenvalue weighted by Gasteiger charge is -2.09. The van der Waals surface area contributed by atoms with Crippen LogP contribution in [0.5, 0.6) is 5.75 Å². The fourth-order valence-corrected chi connectivity index (χ4v) is 1.90. The number of phenolic OH excluding ortho intramolecular Hbond substituents is 1. The van der Waals surface area contributed by atoms with Gasteiger partial charge in [-0.3, -0.25) is 4.79 Å². The van der Waals surface area contributed by atoms with Crippen molar-refractivity contribution >= 4 is 33.5 Å². The number of anilines is 1. The maximum atomic E-state index is 13.4. The average Bonchev–Trinajstić information content (AvgIpc) is 2.43. The summed E-state index contributed by atoms with van der Waals surface area (Å²) in [5.41, 5.74) is -0.213. The van der Waals surface area contributed by atoms with Crippen LogP contribution in [0.4, 0.5) is 10.1 Å². The molecule has 2 aromatic rings. The van der Waals surface area contributed by atoms with E-state index in [2.05, 4.69) is 21.2 Å². The van der Waals surface area contributed by atoms with E-state index >= 15 is 0 Å². The zero-order chi connectivity index (χ0) is 15.6. The molecule has 1 amide bonds. The van der Waals surface area contributed by atoms with Crippen molar-refractivity contribution in [3.8, 4) is 5.75 Å². The van der Waals surface area contributed by atoms with Crippen LogP contribution in [-0.2, 0) is 0 Å². The van der Waals surface area contributed by atoms with E-state index < -0.39 is 17.7 Å². The van der Waals surface area contributed by atoms with Crippen LogP contribution < -0.4 is 5.32 Å². The van der Waals surface area contributed by atoms with Gasteiger partial charge >= 0.3 is 5.97 Å². The zero-order valence-corrected chi connectivity index (χ0v) is 12.0. The standard InChI is InChI=1S/C14H9BrFNO4/c15-10-3-1-7(5-11(10)16)13(19)17-12-4-2-8(18)6-9(12)14(20)21/h1-6,18H,(H,17,19)(H,20,21). The third kappa shape index (κ3) is 3.38. The Hall–Kier alpha value is -2.41. The maximum Gasteiger partial charge on any atom is 0.337 e. The summed E-state index contributed by atoms with van der Waals surface area (Å²) < 4.78 is 13.6. The summed E-state index contributed by atoms with van der Waals surface area (Å²) in [6, 6.07) is 7.30. The van der Waals surface area contributed by atoms with E-state index in [4.69, 9.17) is 5.11 Å². The molecule has 0 unspecified atom stereocenters. The van der Waals surface area contributed by atoms with Crippen LogP contribution >= 0.6 is 15.9 Å². The average molecular weight is 354 g/mol. The molecular weight excluding hydrogens is 345 g/mol. The number of benzene rings is 2. The summed E-state index contributed by atoms with van der Waals surface area (Å²) in [7, 11) is 0. The van der Waals surface area contributed by atoms with Gasteiger partial charge in [-0.2, -0.15) is 0 Å². The first-order chi connectivity index (χ1) is 9.88. The lowest BCUT2D eigenvalue weighted by molar-refractivity contribution is 0.0697. The number of aromatic hydroxyl groups is 1. The summed E-state index contributed by atoms with van der Waals surface area (Å²) in [5.74, 6) is -2.80. The van der Waals surface area contributed by atoms with Gasteiger partial charge in [0.25, 0.3) is 5.91 Å². The van der Waals surface area contributed by atoms with Crippen molar-refractivity contribution in [2.24, 2.45) is 0 Å². The molecule has 2 aromatic carbocycles. The van der Waals surface area contributed by atoms with E-state index in [0.29, 0.717) is 0 Å². The molecule has 0 aromatic heterocycles. The molecule has 0 aliphatic heterocycles. The highest BCUT2D eigenvalue weighted by Gasteiger charge is 2.15. The van der Waals surface area contributed by atoms with Gasteiger partial charge in [-0.05, 0) is 52.3 Å². The molecular formula is C14H9BrFNO4. The number of carboxylic acids is 1. The Labute approximate surface area is 127 Å². The minimum absolute atomic E-state index is 0.00799. The highest BCUT2D eigenvalue weighted by atomic mass is 79.9. The number of amides is 1. The molecule has 0 saturated carbocycles. The van der Waals surface area contributed by atoms with Crippen LogP contribution in [0.15, 0.2) is 40.9 Å². The lowest BCUT2D eigenvalue weighted by Crippen LogP contribution is -2.15. The van der Waals surface area contributed by atoms with Crippen molar-refractivity contribution in [2.45, 2.75) is 0 Å². The monoisotopic (exact) mass is 353 g/mol. The van der Waals surface area contributed by atoms with E-state index in [9.17, 15) is 19.1 Å². The van der Waals surface area contributed by atoms with Gasteiger partial charge in [-0.15, -0.1) is 0 Å². The largest absolute Gasteiger partial charge is 0.508 e. The fourth-order valence-electron chi connectivity index (χ4n) is 1.65. The van der Waals surface area contributed by atoms with Crippen molar-refractivity contribution in [2.75, 3.05) is 5.32 Å². The second-order valence-electron chi connectivity index (χ2n) is 4.12. The van der Waals surface area contributed by atoms with Crippen LogP contribution in [0.2, 0.25) is 0 Å². The van der Waals surface area contributed by atoms with E-state index in [1.165, 1.54) is 24.3 Å². The molecule has 7 heteroatoms. The molecule has 0 saturated heterocycles. The summed E-state index contributed by atoms with van der Waals surface area (Å²) in [6.07, 6.45) is 0. The Kier molecular flexibility index (Phi) is 4.23. The number of nitrogens with one attached hydrogen (secondary N) is 1. The van der Waals surface area contributed by atoms with E-state index in [1.807, 2.05) is 0 Å². The Morgan fingerprint density at radius 1 is 1.14 bits per heavy atom. The summed E-state index contributed by atoms with van der Waals surface area (Å²) >= 11 is 2.97. The Morgan fingerprint density at radius 2 is 1.86 bits per heavy atom. The minimum atomic E-state index is -1.30. The Morgan fingerprint density at radius 3 is 2.48 bits per heavy atom. The van der Waals surface area contributed by atoms with Gasteiger partial charge in [0.1, 0.15) is 11.6 Å². The van der Waals surface area contributed by atoms with Gasteiger partial charge in [0.15, 0.2) is 0 Å². The number of rotatable bonds is 3. The molecule has 0 spiro atoms. The lowest BCUT2D eigenvalue weighted by atomic mass is 10.1. The maximum absolute atomic E-state index is 13.4. The molecule has 0 fully saturated rings. The zero-order valence-electron chi connectivity index (χ0n) is 10.4. The van der Waals surface area contributed by atoms with E-state index in [0.717, 1.165) is 12.1 Å². The topological polar surface area (TPSA) is 86.6 Å². The molecule has 0 aliphatic rings. The number of carbonyl (C=O) groups excluding carboxylic acids is 1. The van der Waals surface area contributed by atoms with Crippen molar-refractivity contribution in [3.05, 3.63) is 57.8 Å². The second kappa shape index (κ2) is 5.92. The number of phenols is 1. The fraction of sp³-hybridized carbons (Fsp3) is 0.